The Morgan fingerprint density at radius 1 is 1.10 bits per heavy atom. The Bertz CT molecular complexity index is 593. The molecule has 0 fully saturated rings. The van der Waals surface area contributed by atoms with E-state index in [4.69, 9.17) is 0 Å². The highest BCUT2D eigenvalue weighted by molar-refractivity contribution is 6.06. The second-order valence-corrected chi connectivity index (χ2v) is 5.13. The highest BCUT2D eigenvalue weighted by Gasteiger charge is 2.12. The molecule has 0 spiro atoms. The number of para-hydroxylation sites is 1. The molecule has 0 radical (unpaired) electrons. The number of aryl methyl sites for hydroxylation is 1. The number of amides is 1. The Balaban J connectivity index is 2.10. The van der Waals surface area contributed by atoms with Crippen LogP contribution in [0.3, 0.4) is 0 Å². The smallest absolute Gasteiger partial charge is 0.259 e. The van der Waals surface area contributed by atoms with Gasteiger partial charge in [-0.15, -0.1) is 0 Å². The molecule has 0 aromatic heterocycles. The van der Waals surface area contributed by atoms with Crippen LogP contribution in [-0.4, -0.2) is 11.0 Å². The van der Waals surface area contributed by atoms with Gasteiger partial charge < -0.3 is 10.4 Å². The van der Waals surface area contributed by atoms with Crippen LogP contribution in [0.5, 0.6) is 5.75 Å². The molecule has 2 N–H and O–H groups in total. The zero-order valence-corrected chi connectivity index (χ0v) is 12.3. The average molecular weight is 283 g/mol. The average Bonchev–Trinajstić information content (AvgIpc) is 2.50. The summed E-state index contributed by atoms with van der Waals surface area (Å²) in [6, 6.07) is 14.5. The predicted molar refractivity (Wildman–Crippen MR) is 85.7 cm³/mol. The lowest BCUT2D eigenvalue weighted by Crippen LogP contribution is -2.12. The Hall–Kier alpha value is -2.29. The van der Waals surface area contributed by atoms with E-state index in [1.54, 1.807) is 12.1 Å². The van der Waals surface area contributed by atoms with Crippen molar-refractivity contribution in [3.8, 4) is 5.75 Å². The van der Waals surface area contributed by atoms with Crippen LogP contribution in [-0.2, 0) is 6.42 Å². The van der Waals surface area contributed by atoms with Crippen molar-refractivity contribution in [3.05, 3.63) is 59.7 Å². The first-order chi connectivity index (χ1) is 10.2. The molecule has 0 aliphatic heterocycles. The fourth-order valence-corrected chi connectivity index (χ4v) is 2.22. The maximum atomic E-state index is 12.2. The van der Waals surface area contributed by atoms with Crippen LogP contribution in [0.2, 0.25) is 0 Å². The molecule has 2 rings (SSSR count). The van der Waals surface area contributed by atoms with E-state index in [2.05, 4.69) is 12.2 Å². The summed E-state index contributed by atoms with van der Waals surface area (Å²) in [6.07, 6.45) is 4.37. The van der Waals surface area contributed by atoms with E-state index < -0.39 is 0 Å². The molecule has 0 saturated heterocycles. The number of carbonyl (C=O) groups excluding carboxylic acids is 1. The molecule has 110 valence electrons. The van der Waals surface area contributed by atoms with Gasteiger partial charge in [0.2, 0.25) is 0 Å². The number of rotatable bonds is 6. The summed E-state index contributed by atoms with van der Waals surface area (Å²) in [5.41, 5.74) is 2.13. The van der Waals surface area contributed by atoms with Gasteiger partial charge in [0.15, 0.2) is 0 Å². The number of carbonyl (C=O) groups is 1. The SMILES string of the molecule is CCCCCc1ccc(O)c(C(=O)Nc2ccccc2)c1. The summed E-state index contributed by atoms with van der Waals surface area (Å²) >= 11 is 0. The third kappa shape index (κ3) is 4.35. The number of hydrogen-bond acceptors (Lipinski definition) is 2. The number of benzene rings is 2. The molecule has 2 aromatic carbocycles. The summed E-state index contributed by atoms with van der Waals surface area (Å²) in [5, 5.41) is 12.7. The molecule has 0 saturated carbocycles. The van der Waals surface area contributed by atoms with Gasteiger partial charge in [-0.25, -0.2) is 0 Å². The minimum atomic E-state index is -0.281. The summed E-state index contributed by atoms with van der Waals surface area (Å²) in [6.45, 7) is 2.16. The van der Waals surface area contributed by atoms with Crippen LogP contribution in [0, 0.1) is 0 Å². The van der Waals surface area contributed by atoms with Crippen LogP contribution < -0.4 is 5.32 Å². The van der Waals surface area contributed by atoms with Crippen molar-refractivity contribution in [2.75, 3.05) is 5.32 Å². The summed E-state index contributed by atoms with van der Waals surface area (Å²) in [7, 11) is 0. The standard InChI is InChI=1S/C18H21NO2/c1-2-3-5-8-14-11-12-17(20)16(13-14)18(21)19-15-9-6-4-7-10-15/h4,6-7,9-13,20H,2-3,5,8H2,1H3,(H,19,21). The van der Waals surface area contributed by atoms with Gasteiger partial charge in [0.05, 0.1) is 5.56 Å². The molecule has 1 amide bonds. The Kier molecular flexibility index (Phi) is 5.38. The van der Waals surface area contributed by atoms with Crippen molar-refractivity contribution in [1.29, 1.82) is 0 Å². The van der Waals surface area contributed by atoms with Crippen molar-refractivity contribution >= 4 is 11.6 Å². The number of unbranched alkanes of at least 4 members (excludes halogenated alkanes) is 2. The highest BCUT2D eigenvalue weighted by Crippen LogP contribution is 2.21. The van der Waals surface area contributed by atoms with E-state index in [1.807, 2.05) is 36.4 Å². The summed E-state index contributed by atoms with van der Waals surface area (Å²) in [4.78, 5) is 12.2. The Labute approximate surface area is 125 Å². The quantitative estimate of drug-likeness (QED) is 0.773. The van der Waals surface area contributed by atoms with E-state index >= 15 is 0 Å². The first-order valence-corrected chi connectivity index (χ1v) is 7.39. The molecule has 0 heterocycles. The van der Waals surface area contributed by atoms with Crippen LogP contribution in [0.1, 0.15) is 42.1 Å². The lowest BCUT2D eigenvalue weighted by Gasteiger charge is -2.09. The van der Waals surface area contributed by atoms with Gasteiger partial charge in [0.1, 0.15) is 5.75 Å². The van der Waals surface area contributed by atoms with Crippen molar-refractivity contribution in [3.63, 3.8) is 0 Å². The predicted octanol–water partition coefficient (Wildman–Crippen LogP) is 4.38. The number of anilines is 1. The van der Waals surface area contributed by atoms with Gasteiger partial charge in [-0.3, -0.25) is 4.79 Å². The first kappa shape index (κ1) is 15.1. The fraction of sp³-hybridized carbons (Fsp3) is 0.278. The minimum Gasteiger partial charge on any atom is -0.507 e. The third-order valence-corrected chi connectivity index (χ3v) is 3.41. The summed E-state index contributed by atoms with van der Waals surface area (Å²) in [5.74, 6) is -0.265. The number of nitrogens with one attached hydrogen (secondary N) is 1. The lowest BCUT2D eigenvalue weighted by molar-refractivity contribution is 0.102. The molecule has 3 nitrogen and oxygen atoms in total. The molecule has 21 heavy (non-hydrogen) atoms. The minimum absolute atomic E-state index is 0.0164. The number of aromatic hydroxyl groups is 1. The van der Waals surface area contributed by atoms with Gasteiger partial charge in [-0.05, 0) is 42.7 Å². The number of phenols is 1. The topological polar surface area (TPSA) is 49.3 Å². The second-order valence-electron chi connectivity index (χ2n) is 5.13. The number of hydrogen-bond donors (Lipinski definition) is 2. The fourth-order valence-electron chi connectivity index (χ4n) is 2.22. The lowest BCUT2D eigenvalue weighted by atomic mass is 10.0. The third-order valence-electron chi connectivity index (χ3n) is 3.41. The second kappa shape index (κ2) is 7.48. The van der Waals surface area contributed by atoms with Crippen molar-refractivity contribution in [1.82, 2.24) is 0 Å². The van der Waals surface area contributed by atoms with Crippen LogP contribution >= 0.6 is 0 Å². The van der Waals surface area contributed by atoms with Gasteiger partial charge in [0, 0.05) is 5.69 Å². The van der Waals surface area contributed by atoms with Gasteiger partial charge >= 0.3 is 0 Å². The molecular weight excluding hydrogens is 262 g/mol. The molecule has 0 aliphatic rings. The highest BCUT2D eigenvalue weighted by atomic mass is 16.3. The van der Waals surface area contributed by atoms with E-state index in [0.717, 1.165) is 24.1 Å². The largest absolute Gasteiger partial charge is 0.507 e. The monoisotopic (exact) mass is 283 g/mol. The van der Waals surface area contributed by atoms with E-state index in [1.165, 1.54) is 12.8 Å². The Morgan fingerprint density at radius 3 is 2.57 bits per heavy atom. The van der Waals surface area contributed by atoms with Gasteiger partial charge in [-0.1, -0.05) is 44.0 Å². The maximum Gasteiger partial charge on any atom is 0.259 e. The van der Waals surface area contributed by atoms with Crippen molar-refractivity contribution in [2.45, 2.75) is 32.6 Å². The molecule has 2 aromatic rings. The number of phenolic OH excluding ortho intramolecular Hbond substituents is 1. The first-order valence-electron chi connectivity index (χ1n) is 7.39. The van der Waals surface area contributed by atoms with Crippen LogP contribution in [0.4, 0.5) is 5.69 Å². The van der Waals surface area contributed by atoms with Crippen LogP contribution in [0.25, 0.3) is 0 Å². The van der Waals surface area contributed by atoms with Crippen molar-refractivity contribution < 1.29 is 9.90 Å². The van der Waals surface area contributed by atoms with Gasteiger partial charge in [-0.2, -0.15) is 0 Å². The molecule has 0 atom stereocenters. The molecular formula is C18H21NO2. The Morgan fingerprint density at radius 2 is 1.86 bits per heavy atom. The molecule has 3 heteroatoms. The van der Waals surface area contributed by atoms with E-state index in [0.29, 0.717) is 5.56 Å². The maximum absolute atomic E-state index is 12.2. The van der Waals surface area contributed by atoms with Gasteiger partial charge in [0.25, 0.3) is 5.91 Å². The van der Waals surface area contributed by atoms with E-state index in [-0.39, 0.29) is 11.7 Å². The van der Waals surface area contributed by atoms with Crippen LogP contribution in [0.15, 0.2) is 48.5 Å². The molecule has 0 unspecified atom stereocenters. The zero-order valence-electron chi connectivity index (χ0n) is 12.3. The van der Waals surface area contributed by atoms with E-state index in [9.17, 15) is 9.90 Å². The molecule has 0 aliphatic carbocycles. The normalized spacial score (nSPS) is 10.3. The van der Waals surface area contributed by atoms with Crippen molar-refractivity contribution in [2.24, 2.45) is 0 Å². The zero-order chi connectivity index (χ0) is 15.1. The summed E-state index contributed by atoms with van der Waals surface area (Å²) < 4.78 is 0. The molecule has 0 bridgehead atoms.